The van der Waals surface area contributed by atoms with Gasteiger partial charge in [0.05, 0.1) is 17.1 Å². The molecule has 98 valence electrons. The van der Waals surface area contributed by atoms with Gasteiger partial charge in [0.2, 0.25) is 0 Å². The summed E-state index contributed by atoms with van der Waals surface area (Å²) in [6.45, 7) is 2.31. The molecule has 1 aliphatic heterocycles. The molecule has 6 nitrogen and oxygen atoms in total. The van der Waals surface area contributed by atoms with Gasteiger partial charge in [-0.05, 0) is 18.6 Å². The third kappa shape index (κ3) is 2.27. The monoisotopic (exact) mass is 272 g/mol. The molecule has 2 rings (SSSR count). The Morgan fingerprint density at radius 2 is 1.94 bits per heavy atom. The van der Waals surface area contributed by atoms with E-state index in [1.54, 1.807) is 11.8 Å². The minimum Gasteiger partial charge on any atom is -0.389 e. The van der Waals surface area contributed by atoms with E-state index in [-0.39, 0.29) is 23.8 Å². The van der Waals surface area contributed by atoms with Gasteiger partial charge in [-0.2, -0.15) is 0 Å². The van der Waals surface area contributed by atoms with Crippen molar-refractivity contribution in [3.8, 4) is 0 Å². The largest absolute Gasteiger partial charge is 0.389 e. The van der Waals surface area contributed by atoms with E-state index in [2.05, 4.69) is 0 Å². The molecule has 0 spiro atoms. The first-order valence-electron chi connectivity index (χ1n) is 5.45. The van der Waals surface area contributed by atoms with Gasteiger partial charge in [0.15, 0.2) is 0 Å². The van der Waals surface area contributed by atoms with Crippen LogP contribution < -0.4 is 4.90 Å². The molecule has 0 amide bonds. The Bertz CT molecular complexity index is 484. The highest BCUT2D eigenvalue weighted by Crippen LogP contribution is 2.33. The normalized spacial score (nSPS) is 23.4. The summed E-state index contributed by atoms with van der Waals surface area (Å²) in [5.74, 6) is 0. The number of β-amino-alcohol motifs (C(OH)–C–C–N with tert-alkyl or cyclic N) is 2. The lowest BCUT2D eigenvalue weighted by Gasteiger charge is -2.20. The van der Waals surface area contributed by atoms with E-state index in [0.717, 1.165) is 0 Å². The fourth-order valence-corrected chi connectivity index (χ4v) is 2.33. The number of benzene rings is 1. The van der Waals surface area contributed by atoms with Crippen molar-refractivity contribution in [2.45, 2.75) is 19.1 Å². The van der Waals surface area contributed by atoms with Crippen LogP contribution in [0.5, 0.6) is 0 Å². The molecule has 1 aliphatic rings. The van der Waals surface area contributed by atoms with Crippen LogP contribution in [0.1, 0.15) is 5.56 Å². The Labute approximate surface area is 109 Å². The molecule has 1 heterocycles. The number of aliphatic hydroxyl groups excluding tert-OH is 2. The zero-order valence-electron chi connectivity index (χ0n) is 9.71. The molecule has 1 aromatic carbocycles. The number of halogens is 1. The minimum absolute atomic E-state index is 0.0523. The lowest BCUT2D eigenvalue weighted by atomic mass is 10.1. The predicted molar refractivity (Wildman–Crippen MR) is 67.1 cm³/mol. The lowest BCUT2D eigenvalue weighted by Crippen LogP contribution is -2.22. The molecule has 0 saturated carbocycles. The number of anilines is 1. The lowest BCUT2D eigenvalue weighted by molar-refractivity contribution is -0.384. The predicted octanol–water partition coefficient (Wildman–Crippen LogP) is 1.10. The van der Waals surface area contributed by atoms with Gasteiger partial charge in [-0.3, -0.25) is 10.1 Å². The topological polar surface area (TPSA) is 86.8 Å². The molecular weight excluding hydrogens is 260 g/mol. The summed E-state index contributed by atoms with van der Waals surface area (Å²) in [5, 5.41) is 29.8. The third-order valence-electron chi connectivity index (χ3n) is 3.06. The quantitative estimate of drug-likeness (QED) is 0.622. The van der Waals surface area contributed by atoms with Gasteiger partial charge >= 0.3 is 0 Å². The summed E-state index contributed by atoms with van der Waals surface area (Å²) in [5.41, 5.74) is 1.24. The van der Waals surface area contributed by atoms with Crippen LogP contribution in [0.2, 0.25) is 5.02 Å². The Hall–Kier alpha value is -1.37. The van der Waals surface area contributed by atoms with Gasteiger partial charge in [0, 0.05) is 24.8 Å². The molecule has 7 heteroatoms. The van der Waals surface area contributed by atoms with Crippen LogP contribution in [-0.2, 0) is 0 Å². The van der Waals surface area contributed by atoms with E-state index >= 15 is 0 Å². The molecular formula is C11H13ClN2O4. The van der Waals surface area contributed by atoms with Crippen LogP contribution in [-0.4, -0.2) is 40.4 Å². The van der Waals surface area contributed by atoms with E-state index in [9.17, 15) is 20.3 Å². The number of aliphatic hydroxyl groups is 2. The van der Waals surface area contributed by atoms with Crippen LogP contribution in [0.3, 0.4) is 0 Å². The van der Waals surface area contributed by atoms with Gasteiger partial charge < -0.3 is 15.1 Å². The van der Waals surface area contributed by atoms with Crippen molar-refractivity contribution >= 4 is 23.0 Å². The Morgan fingerprint density at radius 3 is 2.44 bits per heavy atom. The second-order valence-corrected chi connectivity index (χ2v) is 4.79. The van der Waals surface area contributed by atoms with Gasteiger partial charge in [-0.25, -0.2) is 0 Å². The van der Waals surface area contributed by atoms with Crippen LogP contribution in [0.15, 0.2) is 12.1 Å². The highest BCUT2D eigenvalue weighted by atomic mass is 35.5. The van der Waals surface area contributed by atoms with Crippen LogP contribution >= 0.6 is 11.6 Å². The fraction of sp³-hybridized carbons (Fsp3) is 0.455. The SMILES string of the molecule is Cc1cc([N+](=O)[O-])c(Cl)cc1N1CC(O)C(O)C1. The number of nitrogens with zero attached hydrogens (tertiary/aromatic N) is 2. The fourth-order valence-electron chi connectivity index (χ4n) is 2.10. The van der Waals surface area contributed by atoms with Gasteiger partial charge in [0.1, 0.15) is 5.02 Å². The van der Waals surface area contributed by atoms with Crippen molar-refractivity contribution in [3.05, 3.63) is 32.8 Å². The maximum Gasteiger partial charge on any atom is 0.288 e. The first kappa shape index (κ1) is 13.1. The number of nitro groups is 1. The van der Waals surface area contributed by atoms with Crippen LogP contribution in [0.25, 0.3) is 0 Å². The summed E-state index contributed by atoms with van der Waals surface area (Å²) in [6.07, 6.45) is -1.61. The van der Waals surface area contributed by atoms with E-state index in [4.69, 9.17) is 11.6 Å². The zero-order chi connectivity index (χ0) is 13.4. The maximum absolute atomic E-state index is 10.7. The third-order valence-corrected chi connectivity index (χ3v) is 3.36. The van der Waals surface area contributed by atoms with Crippen molar-refractivity contribution in [2.75, 3.05) is 18.0 Å². The first-order valence-corrected chi connectivity index (χ1v) is 5.83. The molecule has 1 saturated heterocycles. The van der Waals surface area contributed by atoms with Crippen molar-refractivity contribution in [3.63, 3.8) is 0 Å². The molecule has 0 radical (unpaired) electrons. The van der Waals surface area contributed by atoms with E-state index < -0.39 is 17.1 Å². The molecule has 1 fully saturated rings. The van der Waals surface area contributed by atoms with E-state index in [1.807, 2.05) is 0 Å². The smallest absolute Gasteiger partial charge is 0.288 e. The van der Waals surface area contributed by atoms with E-state index in [1.165, 1.54) is 12.1 Å². The number of rotatable bonds is 2. The average Bonchev–Trinajstić information content (AvgIpc) is 2.61. The summed E-state index contributed by atoms with van der Waals surface area (Å²) in [4.78, 5) is 12.0. The van der Waals surface area contributed by atoms with Crippen LogP contribution in [0, 0.1) is 17.0 Å². The molecule has 0 bridgehead atoms. The molecule has 2 atom stereocenters. The second-order valence-electron chi connectivity index (χ2n) is 4.39. The number of hydrogen-bond acceptors (Lipinski definition) is 5. The maximum atomic E-state index is 10.7. The highest BCUT2D eigenvalue weighted by Gasteiger charge is 2.31. The zero-order valence-corrected chi connectivity index (χ0v) is 10.5. The Balaban J connectivity index is 2.36. The summed E-state index contributed by atoms with van der Waals surface area (Å²) in [7, 11) is 0. The average molecular weight is 273 g/mol. The van der Waals surface area contributed by atoms with Crippen molar-refractivity contribution in [1.29, 1.82) is 0 Å². The second kappa shape index (κ2) is 4.72. The van der Waals surface area contributed by atoms with Crippen molar-refractivity contribution in [2.24, 2.45) is 0 Å². The Morgan fingerprint density at radius 1 is 1.39 bits per heavy atom. The Kier molecular flexibility index (Phi) is 3.43. The molecule has 0 aliphatic carbocycles. The van der Waals surface area contributed by atoms with Gasteiger partial charge in [0.25, 0.3) is 5.69 Å². The molecule has 2 unspecified atom stereocenters. The van der Waals surface area contributed by atoms with Crippen molar-refractivity contribution in [1.82, 2.24) is 0 Å². The summed E-state index contributed by atoms with van der Waals surface area (Å²) in [6, 6.07) is 2.90. The number of hydrogen-bond donors (Lipinski definition) is 2. The standard InChI is InChI=1S/C11H13ClN2O4/c1-6-2-9(14(17)18)7(12)3-8(6)13-4-10(15)11(16)5-13/h2-3,10-11,15-16H,4-5H2,1H3. The number of aryl methyl sites for hydroxylation is 1. The highest BCUT2D eigenvalue weighted by molar-refractivity contribution is 6.33. The van der Waals surface area contributed by atoms with Gasteiger partial charge in [-0.15, -0.1) is 0 Å². The van der Waals surface area contributed by atoms with Crippen LogP contribution in [0.4, 0.5) is 11.4 Å². The van der Waals surface area contributed by atoms with Crippen molar-refractivity contribution < 1.29 is 15.1 Å². The van der Waals surface area contributed by atoms with E-state index in [0.29, 0.717) is 11.3 Å². The molecule has 2 N–H and O–H groups in total. The molecule has 18 heavy (non-hydrogen) atoms. The molecule has 1 aromatic rings. The first-order chi connectivity index (χ1) is 8.40. The summed E-state index contributed by atoms with van der Waals surface area (Å²) >= 11 is 5.85. The van der Waals surface area contributed by atoms with Gasteiger partial charge in [-0.1, -0.05) is 11.6 Å². The molecule has 0 aromatic heterocycles. The minimum atomic E-state index is -0.807. The number of nitro benzene ring substituents is 1. The summed E-state index contributed by atoms with van der Waals surface area (Å²) < 4.78 is 0.